The fourth-order valence-corrected chi connectivity index (χ4v) is 2.03. The molecule has 0 aliphatic carbocycles. The standard InChI is InChI=1S/C20H43NO3/c1-16(2)21(12)20(13-22-17(3,4)5,14-23-18(6,7)8)15-24-19(9,10)11/h16H,13-15H2,1-12H3. The molecule has 24 heavy (non-hydrogen) atoms. The van der Waals surface area contributed by atoms with E-state index in [1.807, 2.05) is 0 Å². The van der Waals surface area contributed by atoms with Crippen LogP contribution in [0.1, 0.15) is 76.2 Å². The number of hydrogen-bond donors (Lipinski definition) is 0. The summed E-state index contributed by atoms with van der Waals surface area (Å²) in [4.78, 5) is 2.33. The van der Waals surface area contributed by atoms with Crippen LogP contribution < -0.4 is 0 Å². The second-order valence-electron chi connectivity index (χ2n) is 10.1. The van der Waals surface area contributed by atoms with Crippen LogP contribution in [0.3, 0.4) is 0 Å². The summed E-state index contributed by atoms with van der Waals surface area (Å²) in [5.41, 5.74) is -0.937. The SMILES string of the molecule is CC(C)N(C)C(COC(C)(C)C)(COC(C)(C)C)COC(C)(C)C. The lowest BCUT2D eigenvalue weighted by atomic mass is 9.97. The molecule has 0 aromatic carbocycles. The maximum Gasteiger partial charge on any atom is 0.0915 e. The summed E-state index contributed by atoms with van der Waals surface area (Å²) in [6.07, 6.45) is 0. The van der Waals surface area contributed by atoms with Crippen LogP contribution in [0, 0.1) is 0 Å². The van der Waals surface area contributed by atoms with Gasteiger partial charge < -0.3 is 14.2 Å². The van der Waals surface area contributed by atoms with E-state index >= 15 is 0 Å². The lowest BCUT2D eigenvalue weighted by Gasteiger charge is -2.46. The predicted octanol–water partition coefficient (Wildman–Crippen LogP) is 4.51. The second kappa shape index (κ2) is 8.48. The second-order valence-corrected chi connectivity index (χ2v) is 10.1. The normalized spacial score (nSPS) is 14.8. The van der Waals surface area contributed by atoms with E-state index in [9.17, 15) is 0 Å². The Hall–Kier alpha value is -0.160. The highest BCUT2D eigenvalue weighted by Gasteiger charge is 2.40. The van der Waals surface area contributed by atoms with Crippen LogP contribution in [0.15, 0.2) is 0 Å². The van der Waals surface area contributed by atoms with Crippen LogP contribution in [0.4, 0.5) is 0 Å². The van der Waals surface area contributed by atoms with Gasteiger partial charge in [-0.3, -0.25) is 4.90 Å². The van der Waals surface area contributed by atoms with E-state index in [0.29, 0.717) is 25.9 Å². The Morgan fingerprint density at radius 1 is 0.625 bits per heavy atom. The van der Waals surface area contributed by atoms with E-state index in [0.717, 1.165) is 0 Å². The Morgan fingerprint density at radius 2 is 0.875 bits per heavy atom. The average Bonchev–Trinajstić information content (AvgIpc) is 2.34. The summed E-state index contributed by atoms with van der Waals surface area (Å²) in [6, 6.07) is 0.362. The highest BCUT2D eigenvalue weighted by atomic mass is 16.5. The highest BCUT2D eigenvalue weighted by molar-refractivity contribution is 4.93. The molecule has 0 fully saturated rings. The van der Waals surface area contributed by atoms with Crippen molar-refractivity contribution in [1.29, 1.82) is 0 Å². The molecule has 4 heteroatoms. The average molecular weight is 346 g/mol. The van der Waals surface area contributed by atoms with Crippen LogP contribution in [0.25, 0.3) is 0 Å². The van der Waals surface area contributed by atoms with Crippen LogP contribution in [0.2, 0.25) is 0 Å². The third kappa shape index (κ3) is 9.97. The zero-order chi connectivity index (χ0) is 19.4. The molecule has 0 radical (unpaired) electrons. The molecule has 146 valence electrons. The number of hydrogen-bond acceptors (Lipinski definition) is 4. The monoisotopic (exact) mass is 345 g/mol. The Morgan fingerprint density at radius 3 is 1.04 bits per heavy atom. The van der Waals surface area contributed by atoms with E-state index in [2.05, 4.69) is 88.1 Å². The first-order valence-corrected chi connectivity index (χ1v) is 9.12. The lowest BCUT2D eigenvalue weighted by molar-refractivity contribution is -0.163. The summed E-state index contributed by atoms with van der Waals surface area (Å²) in [7, 11) is 2.13. The van der Waals surface area contributed by atoms with Gasteiger partial charge in [0.1, 0.15) is 0 Å². The molecular formula is C20H43NO3. The van der Waals surface area contributed by atoms with Gasteiger partial charge in [-0.1, -0.05) is 0 Å². The van der Waals surface area contributed by atoms with Crippen molar-refractivity contribution in [2.75, 3.05) is 26.9 Å². The van der Waals surface area contributed by atoms with Gasteiger partial charge in [0, 0.05) is 6.04 Å². The van der Waals surface area contributed by atoms with Crippen LogP contribution in [0.5, 0.6) is 0 Å². The quantitative estimate of drug-likeness (QED) is 0.647. The Bertz CT molecular complexity index is 313. The van der Waals surface area contributed by atoms with Crippen LogP contribution in [-0.4, -0.2) is 60.2 Å². The van der Waals surface area contributed by atoms with Crippen molar-refractivity contribution in [3.63, 3.8) is 0 Å². The summed E-state index contributed by atoms with van der Waals surface area (Å²) < 4.78 is 18.6. The molecule has 0 heterocycles. The van der Waals surface area contributed by atoms with Gasteiger partial charge in [-0.2, -0.15) is 0 Å². The van der Waals surface area contributed by atoms with Gasteiger partial charge in [0.05, 0.1) is 42.2 Å². The number of nitrogens with zero attached hydrogens (tertiary/aromatic N) is 1. The zero-order valence-corrected chi connectivity index (χ0v) is 18.4. The third-order valence-electron chi connectivity index (χ3n) is 3.84. The molecule has 4 nitrogen and oxygen atoms in total. The molecule has 0 aliphatic heterocycles. The third-order valence-corrected chi connectivity index (χ3v) is 3.84. The predicted molar refractivity (Wildman–Crippen MR) is 103 cm³/mol. The molecule has 0 N–H and O–H groups in total. The Kier molecular flexibility index (Phi) is 8.42. The molecule has 0 atom stereocenters. The maximum atomic E-state index is 6.19. The lowest BCUT2D eigenvalue weighted by Crippen LogP contribution is -2.61. The molecule has 0 spiro atoms. The molecule has 0 aromatic rings. The summed E-state index contributed by atoms with van der Waals surface area (Å²) in [6.45, 7) is 24.9. The fourth-order valence-electron chi connectivity index (χ4n) is 2.03. The van der Waals surface area contributed by atoms with Gasteiger partial charge in [-0.05, 0) is 83.2 Å². The minimum atomic E-state index is -0.331. The summed E-state index contributed by atoms with van der Waals surface area (Å²) in [5, 5.41) is 0. The first-order chi connectivity index (χ1) is 10.5. The minimum Gasteiger partial charge on any atom is -0.374 e. The van der Waals surface area contributed by atoms with E-state index < -0.39 is 0 Å². The van der Waals surface area contributed by atoms with E-state index in [-0.39, 0.29) is 22.3 Å². The van der Waals surface area contributed by atoms with Crippen LogP contribution in [-0.2, 0) is 14.2 Å². The van der Waals surface area contributed by atoms with Crippen molar-refractivity contribution < 1.29 is 14.2 Å². The van der Waals surface area contributed by atoms with E-state index in [1.165, 1.54) is 0 Å². The van der Waals surface area contributed by atoms with Crippen molar-refractivity contribution in [1.82, 2.24) is 4.90 Å². The van der Waals surface area contributed by atoms with Crippen LogP contribution >= 0.6 is 0 Å². The number of rotatable bonds is 8. The largest absolute Gasteiger partial charge is 0.374 e. The topological polar surface area (TPSA) is 30.9 Å². The van der Waals surface area contributed by atoms with Gasteiger partial charge in [0.15, 0.2) is 0 Å². The van der Waals surface area contributed by atoms with Crippen molar-refractivity contribution in [3.8, 4) is 0 Å². The molecule has 0 unspecified atom stereocenters. The van der Waals surface area contributed by atoms with E-state index in [1.54, 1.807) is 0 Å². The number of ether oxygens (including phenoxy) is 3. The Balaban J connectivity index is 5.53. The Labute approximate surface area is 151 Å². The number of likely N-dealkylation sites (N-methyl/N-ethyl adjacent to an activating group) is 1. The molecule has 0 amide bonds. The molecule has 0 saturated carbocycles. The van der Waals surface area contributed by atoms with Gasteiger partial charge in [0.25, 0.3) is 0 Å². The minimum absolute atomic E-state index is 0.202. The van der Waals surface area contributed by atoms with Gasteiger partial charge >= 0.3 is 0 Å². The smallest absolute Gasteiger partial charge is 0.0915 e. The first-order valence-electron chi connectivity index (χ1n) is 9.12. The first kappa shape index (κ1) is 23.8. The molecule has 0 rings (SSSR count). The fraction of sp³-hybridized carbons (Fsp3) is 1.00. The van der Waals surface area contributed by atoms with Crippen molar-refractivity contribution in [2.45, 2.75) is 105 Å². The zero-order valence-electron chi connectivity index (χ0n) is 18.4. The van der Waals surface area contributed by atoms with Gasteiger partial charge in [-0.25, -0.2) is 0 Å². The summed E-state index contributed by atoms with van der Waals surface area (Å²) in [5.74, 6) is 0. The molecule has 0 saturated heterocycles. The summed E-state index contributed by atoms with van der Waals surface area (Å²) >= 11 is 0. The molecule has 0 bridgehead atoms. The molecular weight excluding hydrogens is 302 g/mol. The van der Waals surface area contributed by atoms with Crippen molar-refractivity contribution >= 4 is 0 Å². The van der Waals surface area contributed by atoms with Gasteiger partial charge in [-0.15, -0.1) is 0 Å². The van der Waals surface area contributed by atoms with Crippen molar-refractivity contribution in [2.24, 2.45) is 0 Å². The van der Waals surface area contributed by atoms with Crippen molar-refractivity contribution in [3.05, 3.63) is 0 Å². The maximum absolute atomic E-state index is 6.19. The molecule has 0 aliphatic rings. The van der Waals surface area contributed by atoms with Gasteiger partial charge in [0.2, 0.25) is 0 Å². The highest BCUT2D eigenvalue weighted by Crippen LogP contribution is 2.26. The molecule has 0 aromatic heterocycles. The van der Waals surface area contributed by atoms with E-state index in [4.69, 9.17) is 14.2 Å².